The molecule has 0 saturated heterocycles. The fourth-order valence-corrected chi connectivity index (χ4v) is 4.11. The summed E-state index contributed by atoms with van der Waals surface area (Å²) in [7, 11) is 0. The first-order valence-electron chi connectivity index (χ1n) is 10.0. The third-order valence-corrected chi connectivity index (χ3v) is 5.53. The van der Waals surface area contributed by atoms with Crippen LogP contribution in [0.4, 0.5) is 0 Å². The van der Waals surface area contributed by atoms with Gasteiger partial charge in [0.1, 0.15) is 0 Å². The van der Waals surface area contributed by atoms with Gasteiger partial charge in [-0.2, -0.15) is 0 Å². The summed E-state index contributed by atoms with van der Waals surface area (Å²) in [6.45, 7) is 1.46. The average Bonchev–Trinajstić information content (AvgIpc) is 3.59. The van der Waals surface area contributed by atoms with E-state index in [2.05, 4.69) is 0 Å². The van der Waals surface area contributed by atoms with Gasteiger partial charge >= 0.3 is 34.1 Å². The minimum atomic E-state index is -0.177. The first-order valence-corrected chi connectivity index (χ1v) is 11.2. The van der Waals surface area contributed by atoms with Gasteiger partial charge in [0, 0.05) is 11.8 Å². The molecule has 0 heterocycles. The number of hydrogen-bond acceptors (Lipinski definition) is 3. The minimum Gasteiger partial charge on any atom is -0.294 e. The van der Waals surface area contributed by atoms with E-state index >= 15 is 0 Å². The second-order valence-electron chi connectivity index (χ2n) is 6.82. The Morgan fingerprint density at radius 3 is 1.24 bits per heavy atom. The van der Waals surface area contributed by atoms with Crippen LogP contribution in [0.15, 0.2) is 21.6 Å². The molecule has 5 aliphatic rings. The number of rotatable bonds is 4. The van der Waals surface area contributed by atoms with Crippen molar-refractivity contribution < 1.29 is 43.7 Å². The van der Waals surface area contributed by atoms with Crippen molar-refractivity contribution in [3.05, 3.63) is 149 Å². The van der Waals surface area contributed by atoms with Gasteiger partial charge in [0.15, 0.2) is 5.78 Å². The maximum Gasteiger partial charge on any atom is 2.00 e. The standard InChI is InChI=1S/C18H14O2S.2C5H5.2Fe/c1-11(19)14-15(12-7-3-4-8-12)16(13-9-5-6-10-13)18(21-2)17(14)20;2*1-2-4-5-3-1;;/h3-10H,1-2H3;2*1-5H;;/q;;;2*+2. The summed E-state index contributed by atoms with van der Waals surface area (Å²) in [6, 6.07) is 0. The molecule has 5 rings (SSSR count). The molecule has 0 bridgehead atoms. The van der Waals surface area contributed by atoms with Crippen LogP contribution in [0.25, 0.3) is 0 Å². The molecule has 166 valence electrons. The van der Waals surface area contributed by atoms with Crippen molar-refractivity contribution in [2.45, 2.75) is 6.92 Å². The molecule has 0 aromatic carbocycles. The molecule has 4 fully saturated rings. The predicted octanol–water partition coefficient (Wildman–Crippen LogP) is 4.92. The largest absolute Gasteiger partial charge is 2.00 e. The van der Waals surface area contributed by atoms with Crippen LogP contribution in [0.2, 0.25) is 0 Å². The first-order chi connectivity index (χ1) is 15.1. The molecular weight excluding hydrogens is 512 g/mol. The van der Waals surface area contributed by atoms with Crippen LogP contribution in [0.3, 0.4) is 0 Å². The molecule has 5 heteroatoms. The molecule has 0 spiro atoms. The van der Waals surface area contributed by atoms with Crippen LogP contribution in [-0.4, -0.2) is 17.8 Å². The van der Waals surface area contributed by atoms with Gasteiger partial charge in [0.2, 0.25) is 5.78 Å². The van der Waals surface area contributed by atoms with E-state index in [-0.39, 0.29) is 45.7 Å². The van der Waals surface area contributed by atoms with Gasteiger partial charge in [-0.05, 0) is 140 Å². The smallest absolute Gasteiger partial charge is 0.294 e. The maximum atomic E-state index is 12.6. The molecule has 0 unspecified atom stereocenters. The molecule has 0 aromatic rings. The van der Waals surface area contributed by atoms with E-state index in [1.807, 2.05) is 122 Å². The van der Waals surface area contributed by atoms with E-state index in [9.17, 15) is 9.59 Å². The Morgan fingerprint density at radius 1 is 0.606 bits per heavy atom. The van der Waals surface area contributed by atoms with Crippen LogP contribution < -0.4 is 0 Å². The normalized spacial score (nSPS) is 23.0. The number of hydrogen-bond donors (Lipinski definition) is 0. The van der Waals surface area contributed by atoms with Crippen LogP contribution in [-0.2, 0) is 43.7 Å². The Morgan fingerprint density at radius 2 is 0.939 bits per heavy atom. The van der Waals surface area contributed by atoms with Gasteiger partial charge in [-0.1, -0.05) is 0 Å². The monoisotopic (exact) mass is 536 g/mol. The maximum absolute atomic E-state index is 12.6. The van der Waals surface area contributed by atoms with Gasteiger partial charge in [-0.15, -0.1) is 11.8 Å². The number of carbonyl (C=O) groups excluding carboxylic acids is 2. The van der Waals surface area contributed by atoms with Crippen molar-refractivity contribution in [3.63, 3.8) is 0 Å². The Balaban J connectivity index is 0.000000375. The van der Waals surface area contributed by atoms with Gasteiger partial charge < -0.3 is 0 Å². The van der Waals surface area contributed by atoms with Crippen LogP contribution in [0.1, 0.15) is 6.92 Å². The summed E-state index contributed by atoms with van der Waals surface area (Å²) in [6.07, 6.45) is 37.4. The van der Waals surface area contributed by atoms with Crippen molar-refractivity contribution in [2.24, 2.45) is 0 Å². The Hall–Kier alpha value is 0.209. The van der Waals surface area contributed by atoms with Crippen LogP contribution >= 0.6 is 11.8 Å². The fraction of sp³-hybridized carbons (Fsp3) is 0.0714. The van der Waals surface area contributed by atoms with Gasteiger partial charge in [-0.25, -0.2) is 0 Å². The zero-order valence-corrected chi connectivity index (χ0v) is 21.3. The van der Waals surface area contributed by atoms with E-state index in [1.165, 1.54) is 18.7 Å². The minimum absolute atomic E-state index is 0. The summed E-state index contributed by atoms with van der Waals surface area (Å²) in [4.78, 5) is 25.3. The first kappa shape index (κ1) is 31.2. The van der Waals surface area contributed by atoms with Crippen molar-refractivity contribution >= 4 is 23.3 Å². The Bertz CT molecular complexity index is 653. The molecule has 4 saturated carbocycles. The summed E-state index contributed by atoms with van der Waals surface area (Å²) >= 11 is 1.41. The number of Topliss-reactive ketones (excluding diaryl/α,β-unsaturated/α-hetero) is 2. The van der Waals surface area contributed by atoms with Crippen molar-refractivity contribution in [2.75, 3.05) is 6.26 Å². The van der Waals surface area contributed by atoms with Crippen LogP contribution in [0.5, 0.6) is 0 Å². The van der Waals surface area contributed by atoms with Crippen molar-refractivity contribution in [1.82, 2.24) is 0 Å². The van der Waals surface area contributed by atoms with Gasteiger partial charge in [0.25, 0.3) is 0 Å². The van der Waals surface area contributed by atoms with E-state index in [0.29, 0.717) is 10.5 Å². The number of thioether (sulfide) groups is 1. The van der Waals surface area contributed by atoms with E-state index < -0.39 is 0 Å². The quantitative estimate of drug-likeness (QED) is 0.378. The summed E-state index contributed by atoms with van der Waals surface area (Å²) in [5.74, 6) is 1.58. The van der Waals surface area contributed by atoms with Crippen molar-refractivity contribution in [3.8, 4) is 0 Å². The zero-order valence-electron chi connectivity index (χ0n) is 18.3. The fourth-order valence-electron chi connectivity index (χ4n) is 3.40. The summed E-state index contributed by atoms with van der Waals surface area (Å²) < 4.78 is 0. The van der Waals surface area contributed by atoms with E-state index in [4.69, 9.17) is 0 Å². The van der Waals surface area contributed by atoms with E-state index in [1.54, 1.807) is 0 Å². The third-order valence-electron chi connectivity index (χ3n) is 4.73. The number of carbonyl (C=O) groups is 2. The van der Waals surface area contributed by atoms with Gasteiger partial charge in [-0.3, -0.25) is 9.59 Å². The third kappa shape index (κ3) is 8.67. The summed E-state index contributed by atoms with van der Waals surface area (Å²) in [5, 5.41) is 0. The van der Waals surface area contributed by atoms with Crippen LogP contribution in [0, 0.1) is 127 Å². The molecule has 0 N–H and O–H groups in total. The van der Waals surface area contributed by atoms with Crippen molar-refractivity contribution in [1.29, 1.82) is 0 Å². The molecule has 0 aromatic heterocycles. The molecule has 33 heavy (non-hydrogen) atoms. The number of ketones is 2. The molecular formula is C28H24Fe2O2S+4. The molecule has 2 nitrogen and oxygen atoms in total. The number of allylic oxidation sites excluding steroid dienone is 4. The average molecular weight is 536 g/mol. The summed E-state index contributed by atoms with van der Waals surface area (Å²) in [5.41, 5.74) is 1.96. The Kier molecular flexibility index (Phi) is 15.9. The van der Waals surface area contributed by atoms with Gasteiger partial charge in [0.05, 0.1) is 10.5 Å². The second kappa shape index (κ2) is 16.8. The SMILES string of the molecule is CSC1=C([C]2[CH][CH][CH][CH]2)C([C]2[CH][CH][CH][CH]2)=C(C(C)=O)C1=O.[CH]1[CH][CH][CH][CH]1.[CH]1[CH][CH][CH][CH]1.[Fe+2].[Fe+2]. The topological polar surface area (TPSA) is 34.1 Å². The molecule has 5 aliphatic carbocycles. The molecule has 0 amide bonds. The molecule has 0 atom stereocenters. The zero-order chi connectivity index (χ0) is 22.1. The Labute approximate surface area is 228 Å². The predicted molar refractivity (Wildman–Crippen MR) is 127 cm³/mol. The molecule has 0 aliphatic heterocycles. The van der Waals surface area contributed by atoms with E-state index in [0.717, 1.165) is 23.0 Å². The second-order valence-corrected chi connectivity index (χ2v) is 7.63. The molecule has 20 radical (unpaired) electrons.